The molecule has 1 rings (SSSR count). The first-order chi connectivity index (χ1) is 6.74. The van der Waals surface area contributed by atoms with Gasteiger partial charge in [-0.05, 0) is 31.8 Å². The predicted octanol–water partition coefficient (Wildman–Crippen LogP) is 1.24. The number of nitrogens with zero attached hydrogens (tertiary/aromatic N) is 1. The molecule has 0 aromatic rings. The Morgan fingerprint density at radius 3 is 2.86 bits per heavy atom. The summed E-state index contributed by atoms with van der Waals surface area (Å²) in [5.74, 6) is 0.902. The first-order valence-electron chi connectivity index (χ1n) is 5.72. The summed E-state index contributed by atoms with van der Waals surface area (Å²) in [5.41, 5.74) is 0. The smallest absolute Gasteiger partial charge is 0.222 e. The molecule has 1 amide bonds. The fourth-order valence-electron chi connectivity index (χ4n) is 1.88. The van der Waals surface area contributed by atoms with E-state index in [1.807, 2.05) is 4.90 Å². The topological polar surface area (TPSA) is 32.3 Å². The number of carbonyl (C=O) groups is 1. The summed E-state index contributed by atoms with van der Waals surface area (Å²) >= 11 is 0. The van der Waals surface area contributed by atoms with Gasteiger partial charge in [0.1, 0.15) is 0 Å². The van der Waals surface area contributed by atoms with Gasteiger partial charge in [-0.2, -0.15) is 0 Å². The standard InChI is InChI=1S/C11H22N2O/c1-3-5-12-6-4-7-13-9-10(2)8-11(13)14/h10,12H,3-9H2,1-2H3. The van der Waals surface area contributed by atoms with Crippen LogP contribution in [0.15, 0.2) is 0 Å². The first-order valence-corrected chi connectivity index (χ1v) is 5.72. The molecule has 1 aliphatic heterocycles. The summed E-state index contributed by atoms with van der Waals surface area (Å²) in [5, 5.41) is 3.35. The summed E-state index contributed by atoms with van der Waals surface area (Å²) in [6.07, 6.45) is 3.01. The minimum Gasteiger partial charge on any atom is -0.342 e. The van der Waals surface area contributed by atoms with Crippen molar-refractivity contribution in [2.45, 2.75) is 33.1 Å². The van der Waals surface area contributed by atoms with Crippen LogP contribution in [-0.4, -0.2) is 37.0 Å². The van der Waals surface area contributed by atoms with Gasteiger partial charge in [-0.15, -0.1) is 0 Å². The molecule has 1 fully saturated rings. The first kappa shape index (κ1) is 11.5. The lowest BCUT2D eigenvalue weighted by Gasteiger charge is -2.15. The molecule has 1 N–H and O–H groups in total. The minimum absolute atomic E-state index is 0.341. The minimum atomic E-state index is 0.341. The maximum atomic E-state index is 11.4. The van der Waals surface area contributed by atoms with Crippen molar-refractivity contribution in [3.05, 3.63) is 0 Å². The third kappa shape index (κ3) is 3.66. The Morgan fingerprint density at radius 1 is 1.50 bits per heavy atom. The average molecular weight is 198 g/mol. The van der Waals surface area contributed by atoms with Crippen molar-refractivity contribution in [3.63, 3.8) is 0 Å². The maximum Gasteiger partial charge on any atom is 0.222 e. The molecule has 0 saturated carbocycles. The molecule has 0 aromatic heterocycles. The molecule has 1 atom stereocenters. The molecule has 1 heterocycles. The van der Waals surface area contributed by atoms with Crippen LogP contribution in [0.3, 0.4) is 0 Å². The van der Waals surface area contributed by atoms with E-state index in [-0.39, 0.29) is 0 Å². The number of hydrogen-bond donors (Lipinski definition) is 1. The van der Waals surface area contributed by atoms with E-state index >= 15 is 0 Å². The molecule has 1 saturated heterocycles. The molecule has 0 aromatic carbocycles. The summed E-state index contributed by atoms with van der Waals surface area (Å²) in [4.78, 5) is 13.4. The highest BCUT2D eigenvalue weighted by molar-refractivity contribution is 5.78. The fraction of sp³-hybridized carbons (Fsp3) is 0.909. The van der Waals surface area contributed by atoms with Crippen LogP contribution >= 0.6 is 0 Å². The SMILES string of the molecule is CCCNCCCN1CC(C)CC1=O. The largest absolute Gasteiger partial charge is 0.342 e. The van der Waals surface area contributed by atoms with Crippen LogP contribution in [0.1, 0.15) is 33.1 Å². The Balaban J connectivity index is 2.04. The van der Waals surface area contributed by atoms with E-state index in [0.717, 1.165) is 39.0 Å². The van der Waals surface area contributed by atoms with Crippen molar-refractivity contribution < 1.29 is 4.79 Å². The van der Waals surface area contributed by atoms with Gasteiger partial charge >= 0.3 is 0 Å². The van der Waals surface area contributed by atoms with Crippen LogP contribution in [0.4, 0.5) is 0 Å². The Kier molecular flexibility index (Phi) is 4.94. The van der Waals surface area contributed by atoms with Gasteiger partial charge in [-0.3, -0.25) is 4.79 Å². The lowest BCUT2D eigenvalue weighted by molar-refractivity contribution is -0.127. The van der Waals surface area contributed by atoms with Crippen LogP contribution in [0.2, 0.25) is 0 Å². The molecule has 82 valence electrons. The summed E-state index contributed by atoms with van der Waals surface area (Å²) < 4.78 is 0. The van der Waals surface area contributed by atoms with Gasteiger partial charge in [0.25, 0.3) is 0 Å². The normalized spacial score (nSPS) is 22.0. The Bertz CT molecular complexity index is 182. The lowest BCUT2D eigenvalue weighted by atomic mass is 10.2. The highest BCUT2D eigenvalue weighted by atomic mass is 16.2. The predicted molar refractivity (Wildman–Crippen MR) is 58.1 cm³/mol. The number of rotatable bonds is 6. The molecule has 14 heavy (non-hydrogen) atoms. The second kappa shape index (κ2) is 6.02. The fourth-order valence-corrected chi connectivity index (χ4v) is 1.88. The van der Waals surface area contributed by atoms with E-state index in [0.29, 0.717) is 11.8 Å². The van der Waals surface area contributed by atoms with Crippen LogP contribution in [-0.2, 0) is 4.79 Å². The molecular weight excluding hydrogens is 176 g/mol. The van der Waals surface area contributed by atoms with Crippen molar-refractivity contribution in [2.24, 2.45) is 5.92 Å². The van der Waals surface area contributed by atoms with Crippen molar-refractivity contribution in [1.29, 1.82) is 0 Å². The van der Waals surface area contributed by atoms with Crippen LogP contribution < -0.4 is 5.32 Å². The summed E-state index contributed by atoms with van der Waals surface area (Å²) in [6, 6.07) is 0. The number of carbonyl (C=O) groups excluding carboxylic acids is 1. The zero-order valence-electron chi connectivity index (χ0n) is 9.38. The van der Waals surface area contributed by atoms with E-state index in [4.69, 9.17) is 0 Å². The van der Waals surface area contributed by atoms with E-state index < -0.39 is 0 Å². The number of hydrogen-bond acceptors (Lipinski definition) is 2. The second-order valence-corrected chi connectivity index (χ2v) is 4.25. The maximum absolute atomic E-state index is 11.4. The summed E-state index contributed by atoms with van der Waals surface area (Å²) in [6.45, 7) is 8.33. The van der Waals surface area contributed by atoms with Crippen LogP contribution in [0, 0.1) is 5.92 Å². The number of nitrogens with one attached hydrogen (secondary N) is 1. The monoisotopic (exact) mass is 198 g/mol. The Labute approximate surface area is 86.9 Å². The zero-order valence-corrected chi connectivity index (χ0v) is 9.38. The van der Waals surface area contributed by atoms with Crippen molar-refractivity contribution in [1.82, 2.24) is 10.2 Å². The molecule has 0 aliphatic carbocycles. The third-order valence-corrected chi connectivity index (χ3v) is 2.62. The van der Waals surface area contributed by atoms with E-state index in [9.17, 15) is 4.79 Å². The van der Waals surface area contributed by atoms with Gasteiger partial charge in [-0.25, -0.2) is 0 Å². The Hall–Kier alpha value is -0.570. The van der Waals surface area contributed by atoms with Gasteiger partial charge in [0, 0.05) is 19.5 Å². The molecule has 0 bridgehead atoms. The van der Waals surface area contributed by atoms with Crippen LogP contribution in [0.25, 0.3) is 0 Å². The van der Waals surface area contributed by atoms with Crippen LogP contribution in [0.5, 0.6) is 0 Å². The lowest BCUT2D eigenvalue weighted by Crippen LogP contribution is -2.29. The molecule has 0 radical (unpaired) electrons. The highest BCUT2D eigenvalue weighted by Crippen LogP contribution is 2.16. The summed E-state index contributed by atoms with van der Waals surface area (Å²) in [7, 11) is 0. The second-order valence-electron chi connectivity index (χ2n) is 4.25. The molecule has 1 unspecified atom stereocenters. The number of amides is 1. The van der Waals surface area contributed by atoms with Gasteiger partial charge < -0.3 is 10.2 Å². The van der Waals surface area contributed by atoms with E-state index in [1.54, 1.807) is 0 Å². The van der Waals surface area contributed by atoms with E-state index in [2.05, 4.69) is 19.2 Å². The van der Waals surface area contributed by atoms with Crippen molar-refractivity contribution in [3.8, 4) is 0 Å². The average Bonchev–Trinajstić information content (AvgIpc) is 2.45. The molecule has 1 aliphatic rings. The van der Waals surface area contributed by atoms with Gasteiger partial charge in [0.05, 0.1) is 0 Å². The molecule has 0 spiro atoms. The number of likely N-dealkylation sites (tertiary alicyclic amines) is 1. The highest BCUT2D eigenvalue weighted by Gasteiger charge is 2.25. The van der Waals surface area contributed by atoms with E-state index in [1.165, 1.54) is 6.42 Å². The molecular formula is C11H22N2O. The van der Waals surface area contributed by atoms with Gasteiger partial charge in [0.2, 0.25) is 5.91 Å². The van der Waals surface area contributed by atoms with Crippen molar-refractivity contribution >= 4 is 5.91 Å². The molecule has 3 nitrogen and oxygen atoms in total. The van der Waals surface area contributed by atoms with Gasteiger partial charge in [0.15, 0.2) is 0 Å². The zero-order chi connectivity index (χ0) is 10.4. The van der Waals surface area contributed by atoms with Crippen molar-refractivity contribution in [2.75, 3.05) is 26.2 Å². The van der Waals surface area contributed by atoms with Gasteiger partial charge in [-0.1, -0.05) is 13.8 Å². The third-order valence-electron chi connectivity index (χ3n) is 2.62. The Morgan fingerprint density at radius 2 is 2.29 bits per heavy atom. The quantitative estimate of drug-likeness (QED) is 0.651. The molecule has 3 heteroatoms.